The molecule has 0 atom stereocenters. The minimum atomic E-state index is -0.262. The lowest BCUT2D eigenvalue weighted by molar-refractivity contribution is 0.0950. The molecule has 0 unspecified atom stereocenters. The first-order chi connectivity index (χ1) is 11.7. The fraction of sp³-hybridized carbons (Fsp3) is 0.200. The summed E-state index contributed by atoms with van der Waals surface area (Å²) in [6.07, 6.45) is 9.46. The minimum absolute atomic E-state index is 0.262. The van der Waals surface area contributed by atoms with Gasteiger partial charge in [-0.15, -0.1) is 0 Å². The molecule has 0 aliphatic heterocycles. The lowest BCUT2D eigenvalue weighted by Gasteiger charge is -2.09. The number of aryl methyl sites for hydroxylation is 1. The van der Waals surface area contributed by atoms with Crippen LogP contribution in [0, 0.1) is 6.92 Å². The predicted molar refractivity (Wildman–Crippen MR) is 86.7 cm³/mol. The molecule has 0 spiro atoms. The molecule has 3 aromatic heterocycles. The number of carbonyl (C=O) groups excluding carboxylic acids is 1. The Bertz CT molecular complexity index is 817. The minimum Gasteiger partial charge on any atom is -0.368 e. The predicted octanol–water partition coefficient (Wildman–Crippen LogP) is 0.603. The average molecular weight is 324 g/mol. The van der Waals surface area contributed by atoms with Crippen molar-refractivity contribution in [1.82, 2.24) is 34.8 Å². The van der Waals surface area contributed by atoms with E-state index in [1.54, 1.807) is 6.20 Å². The molecule has 9 heteroatoms. The van der Waals surface area contributed by atoms with Gasteiger partial charge in [0.05, 0.1) is 6.20 Å². The van der Waals surface area contributed by atoms with Crippen molar-refractivity contribution in [3.63, 3.8) is 0 Å². The number of nitrogens with one attached hydrogen (secondary N) is 2. The van der Waals surface area contributed by atoms with Crippen LogP contribution in [-0.2, 0) is 0 Å². The molecular formula is C15H16N8O. The highest BCUT2D eigenvalue weighted by atomic mass is 16.1. The van der Waals surface area contributed by atoms with Crippen LogP contribution in [0.3, 0.4) is 0 Å². The number of nitrogens with zero attached hydrogens (tertiary/aromatic N) is 6. The van der Waals surface area contributed by atoms with Crippen LogP contribution in [0.1, 0.15) is 16.3 Å². The molecule has 0 fully saturated rings. The standard InChI is InChI=1S/C15H16N8O/c1-11-17-6-7-23(11)14-8-13(21-10-22-14)19-4-5-20-15(24)12-9-16-2-3-18-12/h2-3,6-10H,4-5H2,1H3,(H,20,24)(H,19,21,22). The molecule has 122 valence electrons. The van der Waals surface area contributed by atoms with Gasteiger partial charge in [-0.1, -0.05) is 0 Å². The zero-order chi connectivity index (χ0) is 16.8. The van der Waals surface area contributed by atoms with Gasteiger partial charge in [0, 0.05) is 43.9 Å². The number of aromatic nitrogens is 6. The Morgan fingerprint density at radius 1 is 1.12 bits per heavy atom. The fourth-order valence-corrected chi connectivity index (χ4v) is 2.07. The van der Waals surface area contributed by atoms with Crippen LogP contribution in [0.15, 0.2) is 43.4 Å². The van der Waals surface area contributed by atoms with Crippen LogP contribution < -0.4 is 10.6 Å². The third kappa shape index (κ3) is 3.69. The third-order valence-electron chi connectivity index (χ3n) is 3.24. The van der Waals surface area contributed by atoms with Gasteiger partial charge in [-0.25, -0.2) is 19.9 Å². The van der Waals surface area contributed by atoms with E-state index in [-0.39, 0.29) is 11.6 Å². The van der Waals surface area contributed by atoms with Crippen LogP contribution >= 0.6 is 0 Å². The molecule has 0 bridgehead atoms. The van der Waals surface area contributed by atoms with E-state index in [1.165, 1.54) is 24.9 Å². The van der Waals surface area contributed by atoms with Crippen molar-refractivity contribution in [2.24, 2.45) is 0 Å². The lowest BCUT2D eigenvalue weighted by Crippen LogP contribution is -2.29. The molecule has 0 saturated carbocycles. The Morgan fingerprint density at radius 3 is 2.79 bits per heavy atom. The van der Waals surface area contributed by atoms with E-state index >= 15 is 0 Å². The van der Waals surface area contributed by atoms with Crippen LogP contribution in [0.5, 0.6) is 0 Å². The number of amides is 1. The second-order valence-corrected chi connectivity index (χ2v) is 4.88. The summed E-state index contributed by atoms with van der Waals surface area (Å²) in [7, 11) is 0. The molecule has 0 saturated heterocycles. The summed E-state index contributed by atoms with van der Waals surface area (Å²) in [5.74, 6) is 1.98. The fourth-order valence-electron chi connectivity index (χ4n) is 2.07. The molecule has 0 aliphatic rings. The molecular weight excluding hydrogens is 308 g/mol. The van der Waals surface area contributed by atoms with Gasteiger partial charge in [-0.05, 0) is 6.92 Å². The van der Waals surface area contributed by atoms with Gasteiger partial charge in [0.15, 0.2) is 0 Å². The van der Waals surface area contributed by atoms with Crippen LogP contribution in [0.2, 0.25) is 0 Å². The summed E-state index contributed by atoms with van der Waals surface area (Å²) in [4.78, 5) is 32.2. The molecule has 24 heavy (non-hydrogen) atoms. The number of rotatable bonds is 6. The number of imidazole rings is 1. The molecule has 0 aliphatic carbocycles. The number of anilines is 1. The normalized spacial score (nSPS) is 10.4. The first-order valence-electron chi connectivity index (χ1n) is 7.34. The number of hydrogen-bond acceptors (Lipinski definition) is 7. The Kier molecular flexibility index (Phi) is 4.70. The molecule has 3 aromatic rings. The summed E-state index contributed by atoms with van der Waals surface area (Å²) in [5.41, 5.74) is 0.289. The summed E-state index contributed by atoms with van der Waals surface area (Å²) in [5, 5.41) is 5.90. The van der Waals surface area contributed by atoms with Gasteiger partial charge in [-0.2, -0.15) is 0 Å². The van der Waals surface area contributed by atoms with Crippen LogP contribution in [0.25, 0.3) is 5.82 Å². The zero-order valence-corrected chi connectivity index (χ0v) is 13.0. The first kappa shape index (κ1) is 15.5. The van der Waals surface area contributed by atoms with Crippen molar-refractivity contribution in [2.45, 2.75) is 6.92 Å². The van der Waals surface area contributed by atoms with Gasteiger partial charge in [0.2, 0.25) is 0 Å². The highest BCUT2D eigenvalue weighted by Gasteiger charge is 2.06. The monoisotopic (exact) mass is 324 g/mol. The largest absolute Gasteiger partial charge is 0.368 e. The Hall–Kier alpha value is -3.36. The van der Waals surface area contributed by atoms with Gasteiger partial charge >= 0.3 is 0 Å². The molecule has 1 amide bonds. The molecule has 9 nitrogen and oxygen atoms in total. The quantitative estimate of drug-likeness (QED) is 0.639. The van der Waals surface area contributed by atoms with Gasteiger partial charge in [-0.3, -0.25) is 14.3 Å². The second kappa shape index (κ2) is 7.27. The van der Waals surface area contributed by atoms with Crippen molar-refractivity contribution in [3.8, 4) is 5.82 Å². The van der Waals surface area contributed by atoms with Crippen molar-refractivity contribution in [2.75, 3.05) is 18.4 Å². The average Bonchev–Trinajstić information content (AvgIpc) is 3.05. The number of hydrogen-bond donors (Lipinski definition) is 2. The Balaban J connectivity index is 1.52. The maximum atomic E-state index is 11.8. The second-order valence-electron chi connectivity index (χ2n) is 4.88. The zero-order valence-electron chi connectivity index (χ0n) is 13.0. The van der Waals surface area contributed by atoms with E-state index in [2.05, 4.69) is 35.6 Å². The summed E-state index contributed by atoms with van der Waals surface area (Å²) in [6.45, 7) is 2.85. The Morgan fingerprint density at radius 2 is 2.04 bits per heavy atom. The smallest absolute Gasteiger partial charge is 0.271 e. The van der Waals surface area contributed by atoms with E-state index in [1.807, 2.05) is 23.8 Å². The van der Waals surface area contributed by atoms with Gasteiger partial charge in [0.1, 0.15) is 29.5 Å². The van der Waals surface area contributed by atoms with E-state index in [9.17, 15) is 4.79 Å². The van der Waals surface area contributed by atoms with Crippen molar-refractivity contribution >= 4 is 11.7 Å². The highest BCUT2D eigenvalue weighted by molar-refractivity contribution is 5.91. The van der Waals surface area contributed by atoms with Crippen LogP contribution in [0.4, 0.5) is 5.82 Å². The van der Waals surface area contributed by atoms with Crippen molar-refractivity contribution < 1.29 is 4.79 Å². The maximum Gasteiger partial charge on any atom is 0.271 e. The third-order valence-corrected chi connectivity index (χ3v) is 3.24. The summed E-state index contributed by atoms with van der Waals surface area (Å²) >= 11 is 0. The van der Waals surface area contributed by atoms with E-state index in [0.717, 1.165) is 11.6 Å². The van der Waals surface area contributed by atoms with Crippen molar-refractivity contribution in [1.29, 1.82) is 0 Å². The van der Waals surface area contributed by atoms with E-state index in [4.69, 9.17) is 0 Å². The summed E-state index contributed by atoms with van der Waals surface area (Å²) < 4.78 is 1.86. The first-order valence-corrected chi connectivity index (χ1v) is 7.34. The van der Waals surface area contributed by atoms with Gasteiger partial charge < -0.3 is 10.6 Å². The molecule has 0 aromatic carbocycles. The topological polar surface area (TPSA) is 111 Å². The number of carbonyl (C=O) groups is 1. The molecule has 3 rings (SSSR count). The van der Waals surface area contributed by atoms with Crippen molar-refractivity contribution in [3.05, 3.63) is 54.9 Å². The summed E-state index contributed by atoms with van der Waals surface area (Å²) in [6, 6.07) is 1.82. The molecule has 0 radical (unpaired) electrons. The molecule has 2 N–H and O–H groups in total. The Labute approximate surface area is 138 Å². The van der Waals surface area contributed by atoms with Gasteiger partial charge in [0.25, 0.3) is 5.91 Å². The van der Waals surface area contributed by atoms with E-state index in [0.29, 0.717) is 18.9 Å². The van der Waals surface area contributed by atoms with Crippen LogP contribution in [-0.4, -0.2) is 48.5 Å². The highest BCUT2D eigenvalue weighted by Crippen LogP contribution is 2.10. The molecule has 3 heterocycles. The SMILES string of the molecule is Cc1nccn1-c1cc(NCCNC(=O)c2cnccn2)ncn1. The maximum absolute atomic E-state index is 11.8. The lowest BCUT2D eigenvalue weighted by atomic mass is 10.4. The van der Waals surface area contributed by atoms with E-state index < -0.39 is 0 Å².